The summed E-state index contributed by atoms with van der Waals surface area (Å²) in [5, 5.41) is 4.67. The van der Waals surface area contributed by atoms with Gasteiger partial charge in [-0.05, 0) is 51.8 Å². The number of rotatable bonds is 4. The van der Waals surface area contributed by atoms with Crippen LogP contribution in [0.3, 0.4) is 0 Å². The van der Waals surface area contributed by atoms with E-state index in [0.29, 0.717) is 0 Å². The average Bonchev–Trinajstić information content (AvgIpc) is 2.95. The van der Waals surface area contributed by atoms with Gasteiger partial charge in [0.05, 0.1) is 5.92 Å². The van der Waals surface area contributed by atoms with Gasteiger partial charge in [0.1, 0.15) is 0 Å². The number of amides is 4. The third-order valence-corrected chi connectivity index (χ3v) is 4.41. The highest BCUT2D eigenvalue weighted by molar-refractivity contribution is 6.00. The van der Waals surface area contributed by atoms with E-state index >= 15 is 0 Å². The number of hydrogen-bond donors (Lipinski definition) is 2. The Hall–Kier alpha value is -2.90. The van der Waals surface area contributed by atoms with Crippen molar-refractivity contribution in [1.82, 2.24) is 10.6 Å². The third-order valence-electron chi connectivity index (χ3n) is 4.41. The number of carbonyl (C=O) groups excluding carboxylic acids is 4. The normalized spacial score (nSPS) is 16.7. The van der Waals surface area contributed by atoms with Crippen LogP contribution in [0.25, 0.3) is 0 Å². The van der Waals surface area contributed by atoms with Gasteiger partial charge in [-0.25, -0.2) is 4.79 Å². The van der Waals surface area contributed by atoms with Gasteiger partial charge in [-0.3, -0.25) is 19.7 Å². The molecule has 4 amide bonds. The van der Waals surface area contributed by atoms with E-state index in [9.17, 15) is 19.2 Å². The van der Waals surface area contributed by atoms with Crippen LogP contribution in [0, 0.1) is 19.8 Å². The van der Waals surface area contributed by atoms with E-state index in [4.69, 9.17) is 4.74 Å². The highest BCUT2D eigenvalue weighted by Crippen LogP contribution is 2.29. The van der Waals surface area contributed by atoms with Gasteiger partial charge in [-0.1, -0.05) is 12.1 Å². The first kappa shape index (κ1) is 21.4. The molecule has 0 radical (unpaired) electrons. The number of benzene rings is 1. The zero-order valence-electron chi connectivity index (χ0n) is 16.9. The Bertz CT molecular complexity index is 798. The van der Waals surface area contributed by atoms with E-state index in [1.807, 2.05) is 32.0 Å². The third kappa shape index (κ3) is 5.55. The molecule has 8 nitrogen and oxygen atoms in total. The van der Waals surface area contributed by atoms with Crippen molar-refractivity contribution in [3.05, 3.63) is 29.3 Å². The molecule has 2 N–H and O–H groups in total. The summed E-state index contributed by atoms with van der Waals surface area (Å²) in [6.45, 7) is 8.83. The number of urea groups is 1. The number of imide groups is 1. The Labute approximate surface area is 164 Å². The van der Waals surface area contributed by atoms with Gasteiger partial charge in [0.15, 0.2) is 6.61 Å². The lowest BCUT2D eigenvalue weighted by molar-refractivity contribution is -0.152. The van der Waals surface area contributed by atoms with Gasteiger partial charge in [-0.2, -0.15) is 0 Å². The molecule has 1 fully saturated rings. The van der Waals surface area contributed by atoms with E-state index in [-0.39, 0.29) is 18.9 Å². The number of carbonyl (C=O) groups is 4. The van der Waals surface area contributed by atoms with E-state index in [1.165, 1.54) is 0 Å². The molecule has 0 aliphatic carbocycles. The summed E-state index contributed by atoms with van der Waals surface area (Å²) in [6.07, 6.45) is 0.0261. The van der Waals surface area contributed by atoms with Gasteiger partial charge in [0, 0.05) is 24.2 Å². The number of aryl methyl sites for hydroxylation is 1. The van der Waals surface area contributed by atoms with Crippen LogP contribution >= 0.6 is 0 Å². The molecule has 152 valence electrons. The lowest BCUT2D eigenvalue weighted by atomic mass is 10.1. The number of ether oxygens (including phenoxy) is 1. The standard InChI is InChI=1S/C20H27N3O5/c1-12-7-6-8-15(13(12)2)23-10-14(9-17(23)25)18(26)28-11-16(24)21-19(27)22-20(3,4)5/h6-8,14H,9-11H2,1-5H3,(H2,21,22,24,27)/t14-/m0/s1. The van der Waals surface area contributed by atoms with Crippen molar-refractivity contribution in [2.45, 2.75) is 46.6 Å². The maximum absolute atomic E-state index is 12.4. The van der Waals surface area contributed by atoms with Crippen LogP contribution in [0.4, 0.5) is 10.5 Å². The minimum Gasteiger partial charge on any atom is -0.455 e. The first-order valence-corrected chi connectivity index (χ1v) is 9.13. The number of hydrogen-bond acceptors (Lipinski definition) is 5. The van der Waals surface area contributed by atoms with Crippen LogP contribution in [-0.4, -0.2) is 42.5 Å². The topological polar surface area (TPSA) is 105 Å². The van der Waals surface area contributed by atoms with Crippen LogP contribution in [0.2, 0.25) is 0 Å². The fraction of sp³-hybridized carbons (Fsp3) is 0.500. The Morgan fingerprint density at radius 3 is 2.54 bits per heavy atom. The summed E-state index contributed by atoms with van der Waals surface area (Å²) in [4.78, 5) is 49.6. The summed E-state index contributed by atoms with van der Waals surface area (Å²) >= 11 is 0. The second-order valence-corrected chi connectivity index (χ2v) is 7.98. The molecule has 1 aromatic rings. The summed E-state index contributed by atoms with van der Waals surface area (Å²) in [7, 11) is 0. The first-order valence-electron chi connectivity index (χ1n) is 9.13. The molecule has 1 aromatic carbocycles. The lowest BCUT2D eigenvalue weighted by Crippen LogP contribution is -2.49. The van der Waals surface area contributed by atoms with Gasteiger partial charge < -0.3 is 15.0 Å². The number of nitrogens with zero attached hydrogens (tertiary/aromatic N) is 1. The Kier molecular flexibility index (Phi) is 6.43. The average molecular weight is 389 g/mol. The van der Waals surface area contributed by atoms with Gasteiger partial charge in [-0.15, -0.1) is 0 Å². The molecule has 0 aromatic heterocycles. The number of nitrogens with one attached hydrogen (secondary N) is 2. The fourth-order valence-corrected chi connectivity index (χ4v) is 2.92. The monoisotopic (exact) mass is 389 g/mol. The predicted molar refractivity (Wildman–Crippen MR) is 104 cm³/mol. The molecule has 28 heavy (non-hydrogen) atoms. The van der Waals surface area contributed by atoms with E-state index in [1.54, 1.807) is 25.7 Å². The molecule has 0 bridgehead atoms. The zero-order chi connectivity index (χ0) is 21.1. The van der Waals surface area contributed by atoms with Crippen LogP contribution < -0.4 is 15.5 Å². The highest BCUT2D eigenvalue weighted by Gasteiger charge is 2.37. The fourth-order valence-electron chi connectivity index (χ4n) is 2.92. The molecule has 8 heteroatoms. The molecular weight excluding hydrogens is 362 g/mol. The first-order chi connectivity index (χ1) is 13.0. The molecule has 1 atom stereocenters. The van der Waals surface area contributed by atoms with Crippen molar-refractivity contribution in [3.63, 3.8) is 0 Å². The minimum absolute atomic E-state index is 0.0261. The Morgan fingerprint density at radius 2 is 1.89 bits per heavy atom. The second kappa shape index (κ2) is 8.41. The number of esters is 1. The summed E-state index contributed by atoms with van der Waals surface area (Å²) in [5.74, 6) is -2.17. The lowest BCUT2D eigenvalue weighted by Gasteiger charge is -2.20. The Balaban J connectivity index is 1.88. The molecule has 2 rings (SSSR count). The molecule has 0 saturated carbocycles. The van der Waals surface area contributed by atoms with Crippen molar-refractivity contribution >= 4 is 29.5 Å². The highest BCUT2D eigenvalue weighted by atomic mass is 16.5. The maximum Gasteiger partial charge on any atom is 0.321 e. The molecule has 1 heterocycles. The molecule has 1 saturated heterocycles. The van der Waals surface area contributed by atoms with Crippen molar-refractivity contribution in [2.75, 3.05) is 18.1 Å². The van der Waals surface area contributed by atoms with Crippen LogP contribution in [-0.2, 0) is 19.1 Å². The minimum atomic E-state index is -0.731. The molecule has 0 spiro atoms. The van der Waals surface area contributed by atoms with E-state index < -0.39 is 36.0 Å². The second-order valence-electron chi connectivity index (χ2n) is 7.98. The zero-order valence-corrected chi connectivity index (χ0v) is 16.9. The molecular formula is C20H27N3O5. The molecule has 1 aliphatic rings. The summed E-state index contributed by atoms with van der Waals surface area (Å²) in [6, 6.07) is 5.00. The molecule has 0 unspecified atom stereocenters. The maximum atomic E-state index is 12.4. The number of anilines is 1. The van der Waals surface area contributed by atoms with Crippen molar-refractivity contribution in [2.24, 2.45) is 5.92 Å². The van der Waals surface area contributed by atoms with Gasteiger partial charge >= 0.3 is 12.0 Å². The van der Waals surface area contributed by atoms with Crippen LogP contribution in [0.5, 0.6) is 0 Å². The summed E-state index contributed by atoms with van der Waals surface area (Å²) in [5.41, 5.74) is 2.32. The van der Waals surface area contributed by atoms with Crippen LogP contribution in [0.1, 0.15) is 38.3 Å². The van der Waals surface area contributed by atoms with Crippen molar-refractivity contribution in [1.29, 1.82) is 0 Å². The quantitative estimate of drug-likeness (QED) is 0.765. The molecule has 1 aliphatic heterocycles. The van der Waals surface area contributed by atoms with E-state index in [0.717, 1.165) is 16.8 Å². The smallest absolute Gasteiger partial charge is 0.321 e. The summed E-state index contributed by atoms with van der Waals surface area (Å²) < 4.78 is 5.00. The van der Waals surface area contributed by atoms with Crippen molar-refractivity contribution in [3.8, 4) is 0 Å². The SMILES string of the molecule is Cc1cccc(N2C[C@@H](C(=O)OCC(=O)NC(=O)NC(C)(C)C)CC2=O)c1C. The van der Waals surface area contributed by atoms with E-state index in [2.05, 4.69) is 10.6 Å². The predicted octanol–water partition coefficient (Wildman–Crippen LogP) is 1.82. The van der Waals surface area contributed by atoms with Gasteiger partial charge in [0.2, 0.25) is 5.91 Å². The largest absolute Gasteiger partial charge is 0.455 e. The van der Waals surface area contributed by atoms with Crippen molar-refractivity contribution < 1.29 is 23.9 Å². The Morgan fingerprint density at radius 1 is 1.21 bits per heavy atom. The van der Waals surface area contributed by atoms with Gasteiger partial charge in [0.25, 0.3) is 5.91 Å². The van der Waals surface area contributed by atoms with Crippen LogP contribution in [0.15, 0.2) is 18.2 Å².